The Bertz CT molecular complexity index is 445. The highest BCUT2D eigenvalue weighted by Gasteiger charge is 2.04. The van der Waals surface area contributed by atoms with Crippen LogP contribution in [0.2, 0.25) is 0 Å². The van der Waals surface area contributed by atoms with Gasteiger partial charge in [0.1, 0.15) is 0 Å². The molecule has 7 heteroatoms. The first-order valence-corrected chi connectivity index (χ1v) is 4.83. The van der Waals surface area contributed by atoms with E-state index in [-0.39, 0.29) is 12.3 Å². The number of benzene rings is 1. The Morgan fingerprint density at radius 3 is 3.06 bits per heavy atom. The van der Waals surface area contributed by atoms with E-state index in [9.17, 15) is 14.9 Å². The molecule has 1 N–H and O–H groups in total. The van der Waals surface area contributed by atoms with Gasteiger partial charge in [0.15, 0.2) is 0 Å². The molecule has 0 heterocycles. The first-order valence-electron chi connectivity index (χ1n) is 4.83. The van der Waals surface area contributed by atoms with Gasteiger partial charge in [0.05, 0.1) is 17.7 Å². The van der Waals surface area contributed by atoms with Gasteiger partial charge in [-0.2, -0.15) is 5.10 Å². The van der Waals surface area contributed by atoms with Crippen molar-refractivity contribution in [3.05, 3.63) is 39.9 Å². The molecule has 0 radical (unpaired) electrons. The minimum absolute atomic E-state index is 0.0370. The molecule has 0 aliphatic carbocycles. The minimum atomic E-state index is -0.672. The second kappa shape index (κ2) is 6.21. The summed E-state index contributed by atoms with van der Waals surface area (Å²) >= 11 is 0. The predicted octanol–water partition coefficient (Wildman–Crippen LogP) is 1.67. The second-order valence-electron chi connectivity index (χ2n) is 2.94. The largest absolute Gasteiger partial charge is 0.449 e. The average Bonchev–Trinajstić information content (AvgIpc) is 2.30. The van der Waals surface area contributed by atoms with Crippen molar-refractivity contribution in [2.75, 3.05) is 6.61 Å². The van der Waals surface area contributed by atoms with E-state index in [2.05, 4.69) is 15.3 Å². The fourth-order valence-corrected chi connectivity index (χ4v) is 1.04. The molecule has 0 aromatic heterocycles. The third-order valence-corrected chi connectivity index (χ3v) is 1.73. The molecule has 0 spiro atoms. The topological polar surface area (TPSA) is 93.8 Å². The molecule has 0 bridgehead atoms. The molecule has 1 aromatic carbocycles. The maximum atomic E-state index is 10.9. The van der Waals surface area contributed by atoms with E-state index in [4.69, 9.17) is 0 Å². The van der Waals surface area contributed by atoms with Crippen LogP contribution in [0.1, 0.15) is 12.5 Å². The van der Waals surface area contributed by atoms with Gasteiger partial charge in [-0.3, -0.25) is 10.1 Å². The number of carbonyl (C=O) groups excluding carboxylic acids is 1. The van der Waals surface area contributed by atoms with Crippen LogP contribution in [0.25, 0.3) is 0 Å². The Kier molecular flexibility index (Phi) is 4.61. The van der Waals surface area contributed by atoms with Gasteiger partial charge in [0.25, 0.3) is 5.69 Å². The van der Waals surface area contributed by atoms with Crippen molar-refractivity contribution in [3.63, 3.8) is 0 Å². The second-order valence-corrected chi connectivity index (χ2v) is 2.94. The summed E-state index contributed by atoms with van der Waals surface area (Å²) in [6, 6.07) is 5.87. The molecule has 0 atom stereocenters. The fraction of sp³-hybridized carbons (Fsp3) is 0.200. The van der Waals surface area contributed by atoms with Crippen LogP contribution in [0.5, 0.6) is 0 Å². The van der Waals surface area contributed by atoms with Crippen LogP contribution in [0.4, 0.5) is 10.5 Å². The number of hydrazone groups is 1. The van der Waals surface area contributed by atoms with Crippen LogP contribution < -0.4 is 5.43 Å². The van der Waals surface area contributed by atoms with Crippen LogP contribution in [-0.4, -0.2) is 23.8 Å². The quantitative estimate of drug-likeness (QED) is 0.489. The number of non-ortho nitro benzene ring substituents is 1. The molecule has 1 amide bonds. The first-order chi connectivity index (χ1) is 8.13. The van der Waals surface area contributed by atoms with E-state index in [0.717, 1.165) is 0 Å². The van der Waals surface area contributed by atoms with E-state index >= 15 is 0 Å². The van der Waals surface area contributed by atoms with Gasteiger partial charge in [-0.05, 0) is 6.92 Å². The summed E-state index contributed by atoms with van der Waals surface area (Å²) in [4.78, 5) is 20.8. The van der Waals surface area contributed by atoms with Gasteiger partial charge in [-0.15, -0.1) is 0 Å². The number of carbonyl (C=O) groups is 1. The van der Waals surface area contributed by atoms with Crippen LogP contribution >= 0.6 is 0 Å². The summed E-state index contributed by atoms with van der Waals surface area (Å²) in [5.41, 5.74) is 2.59. The summed E-state index contributed by atoms with van der Waals surface area (Å²) in [5, 5.41) is 14.1. The van der Waals surface area contributed by atoms with E-state index in [1.807, 2.05) is 0 Å². The molecule has 90 valence electrons. The summed E-state index contributed by atoms with van der Waals surface area (Å²) in [5.74, 6) is 0. The Morgan fingerprint density at radius 2 is 2.41 bits per heavy atom. The zero-order valence-electron chi connectivity index (χ0n) is 9.12. The number of nitro benzene ring substituents is 1. The van der Waals surface area contributed by atoms with Crippen molar-refractivity contribution in [3.8, 4) is 0 Å². The summed E-state index contributed by atoms with van der Waals surface area (Å²) < 4.78 is 4.57. The standard InChI is InChI=1S/C10H11N3O4/c1-2-17-10(14)12-11-7-8-4-3-5-9(6-8)13(15)16/h3-7H,2H2,1H3,(H,12,14). The lowest BCUT2D eigenvalue weighted by Gasteiger charge is -1.98. The fourth-order valence-electron chi connectivity index (χ4n) is 1.04. The van der Waals surface area contributed by atoms with Gasteiger partial charge < -0.3 is 4.74 Å². The normalized spacial score (nSPS) is 10.2. The lowest BCUT2D eigenvalue weighted by atomic mass is 10.2. The molecule has 0 fully saturated rings. The predicted molar refractivity (Wildman–Crippen MR) is 60.8 cm³/mol. The van der Waals surface area contributed by atoms with E-state index in [1.165, 1.54) is 24.4 Å². The summed E-state index contributed by atoms with van der Waals surface area (Å²) in [6.07, 6.45) is 0.624. The number of ether oxygens (including phenoxy) is 1. The van der Waals surface area contributed by atoms with Crippen molar-refractivity contribution in [1.29, 1.82) is 0 Å². The van der Waals surface area contributed by atoms with Crippen molar-refractivity contribution in [2.45, 2.75) is 6.92 Å². The number of nitrogens with one attached hydrogen (secondary N) is 1. The van der Waals surface area contributed by atoms with E-state index in [0.29, 0.717) is 5.56 Å². The third kappa shape index (κ3) is 4.29. The van der Waals surface area contributed by atoms with Gasteiger partial charge >= 0.3 is 6.09 Å². The Morgan fingerprint density at radius 1 is 1.65 bits per heavy atom. The van der Waals surface area contributed by atoms with Crippen molar-refractivity contribution >= 4 is 18.0 Å². The molecule has 0 unspecified atom stereocenters. The number of amides is 1. The summed E-state index contributed by atoms with van der Waals surface area (Å²) in [7, 11) is 0. The molecule has 7 nitrogen and oxygen atoms in total. The minimum Gasteiger partial charge on any atom is -0.449 e. The molecule has 0 aliphatic heterocycles. The smallest absolute Gasteiger partial charge is 0.427 e. The van der Waals surface area contributed by atoms with E-state index < -0.39 is 11.0 Å². The van der Waals surface area contributed by atoms with Crippen LogP contribution in [0.3, 0.4) is 0 Å². The zero-order chi connectivity index (χ0) is 12.7. The highest BCUT2D eigenvalue weighted by molar-refractivity contribution is 5.81. The maximum absolute atomic E-state index is 10.9. The maximum Gasteiger partial charge on any atom is 0.427 e. The molecular formula is C10H11N3O4. The molecule has 17 heavy (non-hydrogen) atoms. The molecule has 0 aliphatic rings. The SMILES string of the molecule is CCOC(=O)NN=Cc1cccc([N+](=O)[O-])c1. The lowest BCUT2D eigenvalue weighted by molar-refractivity contribution is -0.384. The number of hydrogen-bond donors (Lipinski definition) is 1. The van der Waals surface area contributed by atoms with Crippen molar-refractivity contribution in [1.82, 2.24) is 5.43 Å². The van der Waals surface area contributed by atoms with Crippen molar-refractivity contribution in [2.24, 2.45) is 5.10 Å². The molecule has 0 saturated heterocycles. The van der Waals surface area contributed by atoms with Crippen LogP contribution in [-0.2, 0) is 4.74 Å². The molecule has 1 rings (SSSR count). The van der Waals surface area contributed by atoms with E-state index in [1.54, 1.807) is 13.0 Å². The number of nitro groups is 1. The monoisotopic (exact) mass is 237 g/mol. The van der Waals surface area contributed by atoms with Gasteiger partial charge in [0.2, 0.25) is 0 Å². The Balaban J connectivity index is 2.62. The molecular weight excluding hydrogens is 226 g/mol. The molecule has 1 aromatic rings. The summed E-state index contributed by atoms with van der Waals surface area (Å²) in [6.45, 7) is 1.92. The van der Waals surface area contributed by atoms with Crippen LogP contribution in [0.15, 0.2) is 29.4 Å². The average molecular weight is 237 g/mol. The zero-order valence-corrected chi connectivity index (χ0v) is 9.12. The van der Waals surface area contributed by atoms with Gasteiger partial charge in [-0.25, -0.2) is 10.2 Å². The highest BCUT2D eigenvalue weighted by atomic mass is 16.6. The van der Waals surface area contributed by atoms with Gasteiger partial charge in [0, 0.05) is 17.7 Å². The number of nitrogens with zero attached hydrogens (tertiary/aromatic N) is 2. The Labute approximate surface area is 97.2 Å². The van der Waals surface area contributed by atoms with Crippen molar-refractivity contribution < 1.29 is 14.5 Å². The van der Waals surface area contributed by atoms with Gasteiger partial charge in [-0.1, -0.05) is 12.1 Å². The third-order valence-electron chi connectivity index (χ3n) is 1.73. The first kappa shape index (κ1) is 12.6. The van der Waals surface area contributed by atoms with Crippen LogP contribution in [0, 0.1) is 10.1 Å². The number of hydrogen-bond acceptors (Lipinski definition) is 5. The molecule has 0 saturated carbocycles. The lowest BCUT2D eigenvalue weighted by Crippen LogP contribution is -2.18. The highest BCUT2D eigenvalue weighted by Crippen LogP contribution is 2.11. The Hall–Kier alpha value is -2.44. The number of rotatable bonds is 4.